The smallest absolute Gasteiger partial charge is 0.273 e. The molecule has 0 saturated heterocycles. The molecule has 4 nitrogen and oxygen atoms in total. The van der Waals surface area contributed by atoms with Crippen LogP contribution in [0.15, 0.2) is 18.2 Å². The number of hydrogen-bond acceptors (Lipinski definition) is 3. The first-order chi connectivity index (χ1) is 9.01. The largest absolute Gasteiger partial charge is 0.314 e. The Morgan fingerprint density at radius 3 is 2.63 bits per heavy atom. The van der Waals surface area contributed by atoms with Gasteiger partial charge in [-0.2, -0.15) is 0 Å². The lowest BCUT2D eigenvalue weighted by molar-refractivity contribution is -0.385. The predicted molar refractivity (Wildman–Crippen MR) is 86.6 cm³/mol. The van der Waals surface area contributed by atoms with E-state index in [0.717, 1.165) is 28.5 Å². The molecule has 106 valence electrons. The SMILES string of the molecule is CCCNC(C)C(CC)c1ccc(I)cc1[N+](=O)[O-]. The highest BCUT2D eigenvalue weighted by Gasteiger charge is 2.25. The summed E-state index contributed by atoms with van der Waals surface area (Å²) in [4.78, 5) is 10.9. The number of nitrogens with zero attached hydrogens (tertiary/aromatic N) is 1. The topological polar surface area (TPSA) is 55.2 Å². The van der Waals surface area contributed by atoms with E-state index in [0.29, 0.717) is 0 Å². The van der Waals surface area contributed by atoms with Gasteiger partial charge in [0.25, 0.3) is 5.69 Å². The van der Waals surface area contributed by atoms with Gasteiger partial charge in [0.1, 0.15) is 0 Å². The summed E-state index contributed by atoms with van der Waals surface area (Å²) in [6.45, 7) is 7.24. The van der Waals surface area contributed by atoms with Gasteiger partial charge in [-0.1, -0.05) is 19.9 Å². The molecule has 19 heavy (non-hydrogen) atoms. The zero-order valence-electron chi connectivity index (χ0n) is 11.6. The molecule has 0 amide bonds. The lowest BCUT2D eigenvalue weighted by Gasteiger charge is -2.24. The number of benzene rings is 1. The van der Waals surface area contributed by atoms with Crippen LogP contribution in [-0.4, -0.2) is 17.5 Å². The first-order valence-corrected chi connectivity index (χ1v) is 7.76. The van der Waals surface area contributed by atoms with Gasteiger partial charge in [-0.25, -0.2) is 0 Å². The lowest BCUT2D eigenvalue weighted by Crippen LogP contribution is -2.32. The maximum absolute atomic E-state index is 11.2. The van der Waals surface area contributed by atoms with Gasteiger partial charge < -0.3 is 5.32 Å². The molecule has 2 atom stereocenters. The Hall–Kier alpha value is -0.690. The molecule has 0 radical (unpaired) electrons. The van der Waals surface area contributed by atoms with E-state index in [1.165, 1.54) is 0 Å². The maximum atomic E-state index is 11.2. The second-order valence-corrected chi connectivity index (χ2v) is 5.96. The summed E-state index contributed by atoms with van der Waals surface area (Å²) in [6.07, 6.45) is 1.95. The number of nitro benzene ring substituents is 1. The van der Waals surface area contributed by atoms with Crippen LogP contribution < -0.4 is 5.32 Å². The van der Waals surface area contributed by atoms with Crippen molar-refractivity contribution in [2.75, 3.05) is 6.54 Å². The highest BCUT2D eigenvalue weighted by molar-refractivity contribution is 14.1. The van der Waals surface area contributed by atoms with Gasteiger partial charge in [-0.05, 0) is 55.0 Å². The number of halogens is 1. The Balaban J connectivity index is 3.07. The van der Waals surface area contributed by atoms with Gasteiger partial charge in [0.05, 0.1) is 4.92 Å². The molecular weight excluding hydrogens is 355 g/mol. The minimum Gasteiger partial charge on any atom is -0.314 e. The van der Waals surface area contributed by atoms with E-state index in [9.17, 15) is 10.1 Å². The predicted octanol–water partition coefficient (Wildman–Crippen LogP) is 4.08. The molecule has 0 aliphatic carbocycles. The first kappa shape index (κ1) is 16.4. The fourth-order valence-electron chi connectivity index (χ4n) is 2.35. The standard InChI is InChI=1S/C14H21IN2O2/c1-4-8-16-10(3)12(5-2)13-7-6-11(15)9-14(13)17(18)19/h6-7,9-10,12,16H,4-5,8H2,1-3H3. The van der Waals surface area contributed by atoms with Crippen molar-refractivity contribution in [2.24, 2.45) is 0 Å². The summed E-state index contributed by atoms with van der Waals surface area (Å²) in [5.74, 6) is 0.170. The Labute approximate surface area is 128 Å². The van der Waals surface area contributed by atoms with Gasteiger partial charge in [0, 0.05) is 27.2 Å². The van der Waals surface area contributed by atoms with Gasteiger partial charge in [-0.3, -0.25) is 10.1 Å². The molecule has 0 heterocycles. The molecule has 1 aromatic rings. The van der Waals surface area contributed by atoms with Gasteiger partial charge in [0.2, 0.25) is 0 Å². The molecule has 0 spiro atoms. The third kappa shape index (κ3) is 4.42. The van der Waals surface area contributed by atoms with Crippen molar-refractivity contribution in [2.45, 2.75) is 45.6 Å². The fraction of sp³-hybridized carbons (Fsp3) is 0.571. The van der Waals surface area contributed by atoms with Crippen molar-refractivity contribution in [1.29, 1.82) is 0 Å². The summed E-state index contributed by atoms with van der Waals surface area (Å²) in [6, 6.07) is 5.74. The Bertz CT molecular complexity index is 437. The first-order valence-electron chi connectivity index (χ1n) is 6.68. The number of hydrogen-bond donors (Lipinski definition) is 1. The van der Waals surface area contributed by atoms with Crippen LogP contribution in [0, 0.1) is 13.7 Å². The van der Waals surface area contributed by atoms with Crippen LogP contribution in [-0.2, 0) is 0 Å². The maximum Gasteiger partial charge on any atom is 0.273 e. The third-order valence-electron chi connectivity index (χ3n) is 3.35. The average molecular weight is 376 g/mol. The molecule has 1 rings (SSSR count). The zero-order chi connectivity index (χ0) is 14.4. The Morgan fingerprint density at radius 1 is 1.42 bits per heavy atom. The molecule has 0 saturated carbocycles. The molecule has 5 heteroatoms. The van der Waals surface area contributed by atoms with Crippen molar-refractivity contribution in [3.63, 3.8) is 0 Å². The van der Waals surface area contributed by atoms with E-state index in [2.05, 4.69) is 48.7 Å². The van der Waals surface area contributed by atoms with E-state index in [1.807, 2.05) is 12.1 Å². The summed E-state index contributed by atoms with van der Waals surface area (Å²) in [5, 5.41) is 14.7. The van der Waals surface area contributed by atoms with Crippen LogP contribution in [0.5, 0.6) is 0 Å². The summed E-state index contributed by atoms with van der Waals surface area (Å²) >= 11 is 2.11. The fourth-order valence-corrected chi connectivity index (χ4v) is 2.82. The minimum absolute atomic E-state index is 0.170. The van der Waals surface area contributed by atoms with E-state index < -0.39 is 0 Å². The molecule has 1 aromatic carbocycles. The van der Waals surface area contributed by atoms with Crippen LogP contribution in [0.25, 0.3) is 0 Å². The van der Waals surface area contributed by atoms with Gasteiger partial charge >= 0.3 is 0 Å². The second kappa shape index (κ2) is 7.79. The van der Waals surface area contributed by atoms with E-state index >= 15 is 0 Å². The molecular formula is C14H21IN2O2. The van der Waals surface area contributed by atoms with Gasteiger partial charge in [0.15, 0.2) is 0 Å². The molecule has 0 aromatic heterocycles. The summed E-state index contributed by atoms with van der Waals surface area (Å²) in [7, 11) is 0. The van der Waals surface area contributed by atoms with Crippen molar-refractivity contribution < 1.29 is 4.92 Å². The quantitative estimate of drug-likeness (QED) is 0.443. The molecule has 0 aliphatic heterocycles. The molecule has 0 aliphatic rings. The average Bonchev–Trinajstić information content (AvgIpc) is 2.38. The van der Waals surface area contributed by atoms with Crippen molar-refractivity contribution in [3.8, 4) is 0 Å². The number of nitrogens with one attached hydrogen (secondary N) is 1. The van der Waals surface area contributed by atoms with Crippen LogP contribution in [0.1, 0.15) is 45.1 Å². The lowest BCUT2D eigenvalue weighted by atomic mass is 9.89. The molecule has 2 unspecified atom stereocenters. The Kier molecular flexibility index (Phi) is 6.71. The third-order valence-corrected chi connectivity index (χ3v) is 4.02. The van der Waals surface area contributed by atoms with Crippen LogP contribution >= 0.6 is 22.6 Å². The number of nitro groups is 1. The normalized spacial score (nSPS) is 14.1. The molecule has 1 N–H and O–H groups in total. The second-order valence-electron chi connectivity index (χ2n) is 4.72. The summed E-state index contributed by atoms with van der Waals surface area (Å²) in [5.41, 5.74) is 1.08. The molecule has 0 fully saturated rings. The van der Waals surface area contributed by atoms with Crippen LogP contribution in [0.3, 0.4) is 0 Å². The van der Waals surface area contributed by atoms with Crippen molar-refractivity contribution in [1.82, 2.24) is 5.32 Å². The van der Waals surface area contributed by atoms with E-state index in [1.54, 1.807) is 6.07 Å². The highest BCUT2D eigenvalue weighted by Crippen LogP contribution is 2.32. The minimum atomic E-state index is -0.271. The highest BCUT2D eigenvalue weighted by atomic mass is 127. The van der Waals surface area contributed by atoms with Crippen molar-refractivity contribution in [3.05, 3.63) is 37.4 Å². The number of rotatable bonds is 7. The van der Waals surface area contributed by atoms with Crippen LogP contribution in [0.4, 0.5) is 5.69 Å². The van der Waals surface area contributed by atoms with Crippen molar-refractivity contribution >= 4 is 28.3 Å². The van der Waals surface area contributed by atoms with Crippen LogP contribution in [0.2, 0.25) is 0 Å². The van der Waals surface area contributed by atoms with Gasteiger partial charge in [-0.15, -0.1) is 0 Å². The van der Waals surface area contributed by atoms with E-state index in [-0.39, 0.29) is 22.6 Å². The van der Waals surface area contributed by atoms with E-state index in [4.69, 9.17) is 0 Å². The monoisotopic (exact) mass is 376 g/mol. The Morgan fingerprint density at radius 2 is 2.11 bits per heavy atom. The summed E-state index contributed by atoms with van der Waals surface area (Å²) < 4.78 is 0.900. The molecule has 0 bridgehead atoms. The zero-order valence-corrected chi connectivity index (χ0v) is 13.8.